The van der Waals surface area contributed by atoms with E-state index in [1.54, 1.807) is 24.3 Å². The SMILES string of the molecule is O=C(COC(=O)CC1CCCC1)Nc1ccc(Cl)cc1. The molecule has 2 rings (SSSR count). The van der Waals surface area contributed by atoms with Crippen LogP contribution >= 0.6 is 11.6 Å². The van der Waals surface area contributed by atoms with Crippen molar-refractivity contribution in [1.29, 1.82) is 0 Å². The Morgan fingerprint density at radius 2 is 1.85 bits per heavy atom. The lowest BCUT2D eigenvalue weighted by Crippen LogP contribution is -2.21. The van der Waals surface area contributed by atoms with Gasteiger partial charge in [-0.15, -0.1) is 0 Å². The summed E-state index contributed by atoms with van der Waals surface area (Å²) in [5.74, 6) is -0.197. The van der Waals surface area contributed by atoms with Crippen LogP contribution in [0.15, 0.2) is 24.3 Å². The first-order valence-electron chi connectivity index (χ1n) is 6.84. The van der Waals surface area contributed by atoms with Crippen LogP contribution < -0.4 is 5.32 Å². The zero-order chi connectivity index (χ0) is 14.4. The average molecular weight is 296 g/mol. The molecule has 0 aromatic heterocycles. The van der Waals surface area contributed by atoms with Crippen molar-refractivity contribution in [3.63, 3.8) is 0 Å². The summed E-state index contributed by atoms with van der Waals surface area (Å²) in [6.07, 6.45) is 4.98. The lowest BCUT2D eigenvalue weighted by molar-refractivity contribution is -0.148. The number of rotatable bonds is 5. The molecule has 1 aromatic rings. The van der Waals surface area contributed by atoms with Gasteiger partial charge in [0.15, 0.2) is 6.61 Å². The molecule has 0 radical (unpaired) electrons. The van der Waals surface area contributed by atoms with Crippen molar-refractivity contribution in [2.45, 2.75) is 32.1 Å². The lowest BCUT2D eigenvalue weighted by atomic mass is 10.1. The molecule has 1 N–H and O–H groups in total. The van der Waals surface area contributed by atoms with Gasteiger partial charge < -0.3 is 10.1 Å². The second-order valence-corrected chi connectivity index (χ2v) is 5.51. The Morgan fingerprint density at radius 1 is 1.20 bits per heavy atom. The Morgan fingerprint density at radius 3 is 2.50 bits per heavy atom. The molecule has 0 saturated heterocycles. The van der Waals surface area contributed by atoms with Gasteiger partial charge in [0.25, 0.3) is 5.91 Å². The van der Waals surface area contributed by atoms with Gasteiger partial charge in [0.1, 0.15) is 0 Å². The highest BCUT2D eigenvalue weighted by molar-refractivity contribution is 6.30. The number of carbonyl (C=O) groups is 2. The van der Waals surface area contributed by atoms with Crippen LogP contribution in [-0.4, -0.2) is 18.5 Å². The maximum atomic E-state index is 11.6. The van der Waals surface area contributed by atoms with E-state index in [1.165, 1.54) is 12.8 Å². The Labute approximate surface area is 123 Å². The minimum absolute atomic E-state index is 0.242. The van der Waals surface area contributed by atoms with Crippen LogP contribution in [0.3, 0.4) is 0 Å². The fourth-order valence-corrected chi connectivity index (χ4v) is 2.51. The summed E-state index contributed by atoms with van der Waals surface area (Å²) >= 11 is 5.75. The normalized spacial score (nSPS) is 15.1. The minimum atomic E-state index is -0.341. The number of anilines is 1. The van der Waals surface area contributed by atoms with Gasteiger partial charge in [-0.1, -0.05) is 24.4 Å². The summed E-state index contributed by atoms with van der Waals surface area (Å²) in [6.45, 7) is -0.242. The molecule has 0 bridgehead atoms. The van der Waals surface area contributed by atoms with Gasteiger partial charge in [-0.2, -0.15) is 0 Å². The zero-order valence-electron chi connectivity index (χ0n) is 11.2. The number of esters is 1. The number of carbonyl (C=O) groups excluding carboxylic acids is 2. The number of benzene rings is 1. The quantitative estimate of drug-likeness (QED) is 0.847. The molecule has 0 unspecified atom stereocenters. The van der Waals surface area contributed by atoms with E-state index in [9.17, 15) is 9.59 Å². The van der Waals surface area contributed by atoms with Crippen molar-refractivity contribution in [2.24, 2.45) is 5.92 Å². The van der Waals surface area contributed by atoms with Crippen LogP contribution in [-0.2, 0) is 14.3 Å². The van der Waals surface area contributed by atoms with E-state index in [0.29, 0.717) is 23.0 Å². The topological polar surface area (TPSA) is 55.4 Å². The molecule has 1 saturated carbocycles. The number of hydrogen-bond acceptors (Lipinski definition) is 3. The Bertz CT molecular complexity index is 467. The first-order valence-corrected chi connectivity index (χ1v) is 7.22. The van der Waals surface area contributed by atoms with Crippen LogP contribution in [0.25, 0.3) is 0 Å². The van der Waals surface area contributed by atoms with Gasteiger partial charge in [-0.25, -0.2) is 0 Å². The monoisotopic (exact) mass is 295 g/mol. The maximum Gasteiger partial charge on any atom is 0.306 e. The first kappa shape index (κ1) is 14.9. The molecule has 1 aromatic carbocycles. The molecule has 1 amide bonds. The van der Waals surface area contributed by atoms with Crippen molar-refractivity contribution >= 4 is 29.2 Å². The van der Waals surface area contributed by atoms with Gasteiger partial charge in [-0.05, 0) is 43.0 Å². The largest absolute Gasteiger partial charge is 0.456 e. The molecule has 108 valence electrons. The van der Waals surface area contributed by atoms with Crippen LogP contribution in [0.1, 0.15) is 32.1 Å². The molecule has 4 nitrogen and oxygen atoms in total. The molecule has 20 heavy (non-hydrogen) atoms. The summed E-state index contributed by atoms with van der Waals surface area (Å²) in [6, 6.07) is 6.76. The highest BCUT2D eigenvalue weighted by Crippen LogP contribution is 2.27. The van der Waals surface area contributed by atoms with Crippen molar-refractivity contribution in [3.8, 4) is 0 Å². The molecular formula is C15H18ClNO3. The smallest absolute Gasteiger partial charge is 0.306 e. The molecule has 5 heteroatoms. The Balaban J connectivity index is 1.69. The summed E-state index contributed by atoms with van der Waals surface area (Å²) in [7, 11) is 0. The van der Waals surface area contributed by atoms with Gasteiger partial charge in [0, 0.05) is 17.1 Å². The van der Waals surface area contributed by atoms with Gasteiger partial charge >= 0.3 is 5.97 Å². The molecule has 0 atom stereocenters. The van der Waals surface area contributed by atoms with E-state index in [2.05, 4.69) is 5.32 Å². The first-order chi connectivity index (χ1) is 9.63. The lowest BCUT2D eigenvalue weighted by Gasteiger charge is -2.09. The van der Waals surface area contributed by atoms with E-state index in [-0.39, 0.29) is 18.5 Å². The number of halogens is 1. The number of nitrogens with one attached hydrogen (secondary N) is 1. The van der Waals surface area contributed by atoms with Gasteiger partial charge in [-0.3, -0.25) is 9.59 Å². The minimum Gasteiger partial charge on any atom is -0.456 e. The van der Waals surface area contributed by atoms with E-state index in [0.717, 1.165) is 12.8 Å². The zero-order valence-corrected chi connectivity index (χ0v) is 12.0. The summed E-state index contributed by atoms with van der Waals surface area (Å²) in [5.41, 5.74) is 0.631. The summed E-state index contributed by atoms with van der Waals surface area (Å²) < 4.78 is 4.98. The third-order valence-corrected chi connectivity index (χ3v) is 3.67. The molecule has 0 heterocycles. The third-order valence-electron chi connectivity index (χ3n) is 3.42. The van der Waals surface area contributed by atoms with Gasteiger partial charge in [0.2, 0.25) is 0 Å². The Hall–Kier alpha value is -1.55. The molecule has 1 aliphatic carbocycles. The third kappa shape index (κ3) is 4.85. The van der Waals surface area contributed by atoms with Crippen LogP contribution in [0.2, 0.25) is 5.02 Å². The second kappa shape index (κ2) is 7.29. The number of ether oxygens (including phenoxy) is 1. The van der Waals surface area contributed by atoms with Gasteiger partial charge in [0.05, 0.1) is 0 Å². The van der Waals surface area contributed by atoms with Crippen molar-refractivity contribution in [3.05, 3.63) is 29.3 Å². The predicted octanol–water partition coefficient (Wildman–Crippen LogP) is 3.40. The maximum absolute atomic E-state index is 11.6. The van der Waals surface area contributed by atoms with Crippen LogP contribution in [0.5, 0.6) is 0 Å². The summed E-state index contributed by atoms with van der Waals surface area (Å²) in [4.78, 5) is 23.2. The highest BCUT2D eigenvalue weighted by atomic mass is 35.5. The Kier molecular flexibility index (Phi) is 5.41. The van der Waals surface area contributed by atoms with E-state index in [4.69, 9.17) is 16.3 Å². The predicted molar refractivity (Wildman–Crippen MR) is 77.6 cm³/mol. The van der Waals surface area contributed by atoms with Crippen molar-refractivity contribution in [2.75, 3.05) is 11.9 Å². The van der Waals surface area contributed by atoms with Crippen molar-refractivity contribution < 1.29 is 14.3 Å². The van der Waals surface area contributed by atoms with Crippen LogP contribution in [0, 0.1) is 5.92 Å². The molecule has 1 fully saturated rings. The number of amides is 1. The fourth-order valence-electron chi connectivity index (χ4n) is 2.39. The summed E-state index contributed by atoms with van der Waals surface area (Å²) in [5, 5.41) is 3.25. The standard InChI is InChI=1S/C15H18ClNO3/c16-12-5-7-13(8-6-12)17-14(18)10-20-15(19)9-11-3-1-2-4-11/h5-8,11H,1-4,9-10H2,(H,17,18). The molecule has 0 aliphatic heterocycles. The highest BCUT2D eigenvalue weighted by Gasteiger charge is 2.19. The molecule has 0 spiro atoms. The van der Waals surface area contributed by atoms with E-state index < -0.39 is 0 Å². The van der Waals surface area contributed by atoms with E-state index in [1.807, 2.05) is 0 Å². The van der Waals surface area contributed by atoms with E-state index >= 15 is 0 Å². The second-order valence-electron chi connectivity index (χ2n) is 5.07. The van der Waals surface area contributed by atoms with Crippen LogP contribution in [0.4, 0.5) is 5.69 Å². The average Bonchev–Trinajstić information content (AvgIpc) is 2.92. The van der Waals surface area contributed by atoms with Crippen molar-refractivity contribution in [1.82, 2.24) is 0 Å². The fraction of sp³-hybridized carbons (Fsp3) is 0.467. The number of hydrogen-bond donors (Lipinski definition) is 1. The molecular weight excluding hydrogens is 278 g/mol. The molecule has 1 aliphatic rings.